The first-order valence-electron chi connectivity index (χ1n) is 7.74. The van der Waals surface area contributed by atoms with Crippen molar-refractivity contribution in [3.8, 4) is 17.0 Å². The first kappa shape index (κ1) is 16.2. The predicted octanol–water partition coefficient (Wildman–Crippen LogP) is 0.844. The lowest BCUT2D eigenvalue weighted by Crippen LogP contribution is -3.11. The molecule has 0 radical (unpaired) electrons. The molecule has 0 atom stereocenters. The molecule has 2 rings (SSSR count). The van der Waals surface area contributed by atoms with Crippen LogP contribution in [0.25, 0.3) is 11.3 Å². The molecule has 1 N–H and O–H groups in total. The molecule has 0 bridgehead atoms. The third-order valence-electron chi connectivity index (χ3n) is 3.93. The Bertz CT molecular complexity index is 646. The molecule has 0 saturated carbocycles. The van der Waals surface area contributed by atoms with E-state index in [0.717, 1.165) is 36.6 Å². The van der Waals surface area contributed by atoms with Crippen molar-refractivity contribution in [1.29, 1.82) is 0 Å². The molecule has 0 aliphatic carbocycles. The number of ether oxygens (including phenoxy) is 1. The van der Waals surface area contributed by atoms with E-state index in [2.05, 4.69) is 18.9 Å². The molecule has 0 aliphatic rings. The van der Waals surface area contributed by atoms with Crippen molar-refractivity contribution < 1.29 is 9.64 Å². The molecule has 118 valence electrons. The molecule has 5 nitrogen and oxygen atoms in total. The minimum Gasteiger partial charge on any atom is -0.497 e. The van der Waals surface area contributed by atoms with Gasteiger partial charge < -0.3 is 9.64 Å². The highest BCUT2D eigenvalue weighted by atomic mass is 16.5. The average Bonchev–Trinajstić information content (AvgIpc) is 2.57. The number of likely N-dealkylation sites (N-methyl/N-ethyl adjacent to an activating group) is 1. The van der Waals surface area contributed by atoms with Crippen LogP contribution in [0, 0.1) is 0 Å². The van der Waals surface area contributed by atoms with Crippen LogP contribution in [0.5, 0.6) is 5.75 Å². The van der Waals surface area contributed by atoms with E-state index in [1.807, 2.05) is 24.3 Å². The van der Waals surface area contributed by atoms with Gasteiger partial charge in [-0.1, -0.05) is 0 Å². The summed E-state index contributed by atoms with van der Waals surface area (Å²) >= 11 is 0. The Morgan fingerprint density at radius 1 is 1.09 bits per heavy atom. The fourth-order valence-electron chi connectivity index (χ4n) is 2.39. The first-order chi connectivity index (χ1) is 10.7. The zero-order valence-electron chi connectivity index (χ0n) is 13.5. The molecule has 22 heavy (non-hydrogen) atoms. The second-order valence-corrected chi connectivity index (χ2v) is 5.22. The number of methoxy groups -OCH3 is 1. The van der Waals surface area contributed by atoms with Crippen LogP contribution in [-0.2, 0) is 6.54 Å². The molecule has 0 unspecified atom stereocenters. The molecule has 0 amide bonds. The van der Waals surface area contributed by atoms with Gasteiger partial charge in [-0.15, -0.1) is 0 Å². The summed E-state index contributed by atoms with van der Waals surface area (Å²) in [7, 11) is 1.64. The number of rotatable bonds is 7. The quantitative estimate of drug-likeness (QED) is 0.825. The Kier molecular flexibility index (Phi) is 5.72. The van der Waals surface area contributed by atoms with E-state index >= 15 is 0 Å². The summed E-state index contributed by atoms with van der Waals surface area (Å²) in [4.78, 5) is 13.4. The van der Waals surface area contributed by atoms with E-state index in [0.29, 0.717) is 6.54 Å². The van der Waals surface area contributed by atoms with Gasteiger partial charge in [0.25, 0.3) is 5.56 Å². The Morgan fingerprint density at radius 2 is 1.77 bits per heavy atom. The van der Waals surface area contributed by atoms with E-state index in [9.17, 15) is 4.79 Å². The lowest BCUT2D eigenvalue weighted by Gasteiger charge is -2.15. The third-order valence-corrected chi connectivity index (χ3v) is 3.93. The zero-order valence-corrected chi connectivity index (χ0v) is 13.5. The molecule has 1 heterocycles. The van der Waals surface area contributed by atoms with Gasteiger partial charge >= 0.3 is 0 Å². The van der Waals surface area contributed by atoms with Gasteiger partial charge in [0.1, 0.15) is 5.75 Å². The van der Waals surface area contributed by atoms with Crippen LogP contribution < -0.4 is 15.2 Å². The Labute approximate surface area is 131 Å². The Balaban J connectivity index is 2.20. The number of nitrogens with zero attached hydrogens (tertiary/aromatic N) is 2. The van der Waals surface area contributed by atoms with Crippen molar-refractivity contribution in [2.75, 3.05) is 26.7 Å². The van der Waals surface area contributed by atoms with Crippen molar-refractivity contribution in [2.24, 2.45) is 0 Å². The standard InChI is InChI=1S/C17H23N3O2/c1-4-19(5-2)12-13-20-17(21)11-10-16(18-20)14-6-8-15(22-3)9-7-14/h6-11H,4-5,12-13H2,1-3H3/p+1. The van der Waals surface area contributed by atoms with Crippen LogP contribution in [-0.4, -0.2) is 36.5 Å². The number of hydrogen-bond donors (Lipinski definition) is 1. The lowest BCUT2D eigenvalue weighted by atomic mass is 10.1. The second-order valence-electron chi connectivity index (χ2n) is 5.22. The van der Waals surface area contributed by atoms with Crippen molar-refractivity contribution in [1.82, 2.24) is 9.78 Å². The van der Waals surface area contributed by atoms with Crippen LogP contribution in [0.4, 0.5) is 0 Å². The van der Waals surface area contributed by atoms with E-state index in [4.69, 9.17) is 4.74 Å². The van der Waals surface area contributed by atoms with Crippen LogP contribution in [0.1, 0.15) is 13.8 Å². The van der Waals surface area contributed by atoms with Crippen molar-refractivity contribution in [3.05, 3.63) is 46.8 Å². The molecule has 0 spiro atoms. The summed E-state index contributed by atoms with van der Waals surface area (Å²) in [5.74, 6) is 0.808. The van der Waals surface area contributed by atoms with Gasteiger partial charge in [0.05, 0.1) is 39.0 Å². The highest BCUT2D eigenvalue weighted by Gasteiger charge is 2.07. The summed E-state index contributed by atoms with van der Waals surface area (Å²) < 4.78 is 6.72. The van der Waals surface area contributed by atoms with Gasteiger partial charge in [0.2, 0.25) is 0 Å². The van der Waals surface area contributed by atoms with Crippen LogP contribution in [0.2, 0.25) is 0 Å². The number of quaternary nitrogens is 1. The van der Waals surface area contributed by atoms with Crippen LogP contribution in [0.15, 0.2) is 41.2 Å². The maximum Gasteiger partial charge on any atom is 0.266 e. The van der Waals surface area contributed by atoms with Gasteiger partial charge in [-0.25, -0.2) is 4.68 Å². The number of nitrogens with one attached hydrogen (secondary N) is 1. The highest BCUT2D eigenvalue weighted by Crippen LogP contribution is 2.19. The van der Waals surface area contributed by atoms with Gasteiger partial charge in [-0.3, -0.25) is 4.79 Å². The topological polar surface area (TPSA) is 48.6 Å². The van der Waals surface area contributed by atoms with Crippen molar-refractivity contribution in [3.63, 3.8) is 0 Å². The minimum atomic E-state index is -0.0520. The summed E-state index contributed by atoms with van der Waals surface area (Å²) in [6, 6.07) is 11.0. The van der Waals surface area contributed by atoms with E-state index < -0.39 is 0 Å². The first-order valence-corrected chi connectivity index (χ1v) is 7.74. The van der Waals surface area contributed by atoms with Gasteiger partial charge in [-0.2, -0.15) is 5.10 Å². The molecule has 2 aromatic rings. The second kappa shape index (κ2) is 7.75. The fraction of sp³-hybridized carbons (Fsp3) is 0.412. The van der Waals surface area contributed by atoms with E-state index in [1.54, 1.807) is 23.9 Å². The predicted molar refractivity (Wildman–Crippen MR) is 87.4 cm³/mol. The molecule has 1 aromatic carbocycles. The van der Waals surface area contributed by atoms with Gasteiger partial charge in [0.15, 0.2) is 0 Å². The average molecular weight is 302 g/mol. The molecular weight excluding hydrogens is 278 g/mol. The molecule has 1 aromatic heterocycles. The molecular formula is C17H24N3O2+. The molecule has 0 saturated heterocycles. The maximum atomic E-state index is 12.0. The van der Waals surface area contributed by atoms with Crippen molar-refractivity contribution in [2.45, 2.75) is 20.4 Å². The Morgan fingerprint density at radius 3 is 2.36 bits per heavy atom. The molecule has 0 fully saturated rings. The van der Waals surface area contributed by atoms with Crippen LogP contribution >= 0.6 is 0 Å². The van der Waals surface area contributed by atoms with Crippen molar-refractivity contribution >= 4 is 0 Å². The summed E-state index contributed by atoms with van der Waals surface area (Å²) in [5.41, 5.74) is 1.73. The number of benzene rings is 1. The van der Waals surface area contributed by atoms with E-state index in [-0.39, 0.29) is 5.56 Å². The SMILES string of the molecule is CC[NH+](CC)CCn1nc(-c2ccc(OC)cc2)ccc1=O. The van der Waals surface area contributed by atoms with Crippen LogP contribution in [0.3, 0.4) is 0 Å². The highest BCUT2D eigenvalue weighted by molar-refractivity contribution is 5.59. The summed E-state index contributed by atoms with van der Waals surface area (Å²) in [5, 5.41) is 4.49. The Hall–Kier alpha value is -2.14. The smallest absolute Gasteiger partial charge is 0.266 e. The number of aromatic nitrogens is 2. The third kappa shape index (κ3) is 3.95. The zero-order chi connectivity index (χ0) is 15.9. The molecule has 0 aliphatic heterocycles. The van der Waals surface area contributed by atoms with Gasteiger partial charge in [-0.05, 0) is 44.2 Å². The van der Waals surface area contributed by atoms with E-state index in [1.165, 1.54) is 4.90 Å². The monoisotopic (exact) mass is 302 g/mol. The largest absolute Gasteiger partial charge is 0.497 e. The lowest BCUT2D eigenvalue weighted by molar-refractivity contribution is -0.897. The van der Waals surface area contributed by atoms with Gasteiger partial charge in [0, 0.05) is 11.6 Å². The summed E-state index contributed by atoms with van der Waals surface area (Å²) in [6.07, 6.45) is 0. The number of hydrogen-bond acceptors (Lipinski definition) is 3. The maximum absolute atomic E-state index is 12.0. The molecule has 5 heteroatoms. The fourth-order valence-corrected chi connectivity index (χ4v) is 2.39. The minimum absolute atomic E-state index is 0.0520. The normalized spacial score (nSPS) is 10.9. The summed E-state index contributed by atoms with van der Waals surface area (Å²) in [6.45, 7) is 7.98.